The predicted molar refractivity (Wildman–Crippen MR) is 75.5 cm³/mol. The quantitative estimate of drug-likeness (QED) is 0.824. The zero-order valence-corrected chi connectivity index (χ0v) is 11.9. The summed E-state index contributed by atoms with van der Waals surface area (Å²) in [6.45, 7) is 4.37. The van der Waals surface area contributed by atoms with Crippen molar-refractivity contribution in [1.82, 2.24) is 10.0 Å². The molecule has 0 aliphatic carbocycles. The van der Waals surface area contributed by atoms with Gasteiger partial charge in [-0.3, -0.25) is 15.0 Å². The lowest BCUT2D eigenvalue weighted by Gasteiger charge is -2.25. The van der Waals surface area contributed by atoms with E-state index in [0.29, 0.717) is 25.1 Å². The highest BCUT2D eigenvalue weighted by Crippen LogP contribution is 2.30. The topological polar surface area (TPSA) is 73.7 Å². The molecule has 1 aliphatic heterocycles. The highest BCUT2D eigenvalue weighted by molar-refractivity contribution is 5.95. The molecule has 5 heteroatoms. The average molecular weight is 276 g/mol. The fraction of sp³-hybridized carbons (Fsp3) is 0.467. The van der Waals surface area contributed by atoms with E-state index in [2.05, 4.69) is 4.98 Å². The van der Waals surface area contributed by atoms with Crippen molar-refractivity contribution in [3.8, 4) is 0 Å². The van der Waals surface area contributed by atoms with Crippen LogP contribution in [0.4, 0.5) is 0 Å². The van der Waals surface area contributed by atoms with Crippen molar-refractivity contribution >= 4 is 11.5 Å². The first-order chi connectivity index (χ1) is 9.60. The van der Waals surface area contributed by atoms with Gasteiger partial charge in [0.25, 0.3) is 5.91 Å². The summed E-state index contributed by atoms with van der Waals surface area (Å²) in [5.74, 6) is -0.440. The number of aromatic nitrogens is 1. The van der Waals surface area contributed by atoms with Crippen LogP contribution in [0, 0.1) is 6.92 Å². The van der Waals surface area contributed by atoms with E-state index in [1.54, 1.807) is 6.20 Å². The van der Waals surface area contributed by atoms with Gasteiger partial charge in [-0.15, -0.1) is 0 Å². The van der Waals surface area contributed by atoms with E-state index in [4.69, 9.17) is 5.11 Å². The maximum absolute atomic E-state index is 12.0. The number of allylic oxidation sites excluding steroid dienone is 2. The molecule has 0 fully saturated rings. The molecule has 0 saturated carbocycles. The summed E-state index contributed by atoms with van der Waals surface area (Å²) in [5.41, 5.74) is 4.44. The maximum Gasteiger partial charge on any atom is 0.296 e. The minimum atomic E-state index is -0.440. The number of aryl methyl sites for hydroxylation is 1. The second-order valence-electron chi connectivity index (χ2n) is 4.96. The van der Waals surface area contributed by atoms with E-state index >= 15 is 0 Å². The van der Waals surface area contributed by atoms with E-state index < -0.39 is 5.91 Å². The third-order valence-electron chi connectivity index (χ3n) is 3.65. The van der Waals surface area contributed by atoms with Gasteiger partial charge in [-0.2, -0.15) is 0 Å². The number of hydrogen-bond donors (Lipinski definition) is 2. The Kier molecular flexibility index (Phi) is 4.52. The van der Waals surface area contributed by atoms with Crippen molar-refractivity contribution in [2.45, 2.75) is 33.1 Å². The van der Waals surface area contributed by atoms with E-state index in [0.717, 1.165) is 33.7 Å². The first kappa shape index (κ1) is 14.7. The van der Waals surface area contributed by atoms with Crippen LogP contribution in [-0.2, 0) is 6.42 Å². The van der Waals surface area contributed by atoms with Gasteiger partial charge < -0.3 is 5.11 Å². The number of carbonyl (C=O) groups excluding carboxylic acids is 1. The van der Waals surface area contributed by atoms with Crippen LogP contribution in [0.3, 0.4) is 0 Å². The van der Waals surface area contributed by atoms with Crippen LogP contribution in [0.25, 0.3) is 5.57 Å². The summed E-state index contributed by atoms with van der Waals surface area (Å²) in [7, 11) is 0. The summed E-state index contributed by atoms with van der Waals surface area (Å²) >= 11 is 0. The van der Waals surface area contributed by atoms with Crippen LogP contribution < -0.4 is 0 Å². The first-order valence-corrected chi connectivity index (χ1v) is 6.85. The molecule has 2 rings (SSSR count). The molecule has 0 saturated heterocycles. The van der Waals surface area contributed by atoms with Gasteiger partial charge in [0.2, 0.25) is 0 Å². The Bertz CT molecular complexity index is 552. The fourth-order valence-electron chi connectivity index (χ4n) is 2.66. The number of nitrogens with zero attached hydrogens (tertiary/aromatic N) is 2. The number of aliphatic hydroxyl groups is 1. The summed E-state index contributed by atoms with van der Waals surface area (Å²) in [6, 6.07) is 0. The average Bonchev–Trinajstić information content (AvgIpc) is 2.45. The minimum absolute atomic E-state index is 0.146. The van der Waals surface area contributed by atoms with Crippen molar-refractivity contribution in [2.75, 3.05) is 13.2 Å². The van der Waals surface area contributed by atoms with Crippen LogP contribution in [0.15, 0.2) is 12.3 Å². The Morgan fingerprint density at radius 3 is 2.95 bits per heavy atom. The molecule has 108 valence electrons. The number of carbonyl (C=O) groups is 1. The number of hydrogen-bond acceptors (Lipinski definition) is 4. The zero-order valence-electron chi connectivity index (χ0n) is 11.9. The van der Waals surface area contributed by atoms with Crippen LogP contribution in [0.2, 0.25) is 0 Å². The van der Waals surface area contributed by atoms with Crippen molar-refractivity contribution in [3.05, 3.63) is 34.7 Å². The number of amides is 1. The van der Waals surface area contributed by atoms with Gasteiger partial charge >= 0.3 is 0 Å². The SMILES string of the molecule is C/C=C(/CCCO)c1c(C)cnc2c1CCN(O)C2=O. The van der Waals surface area contributed by atoms with Gasteiger partial charge in [0.05, 0.1) is 6.54 Å². The third-order valence-corrected chi connectivity index (χ3v) is 3.65. The van der Waals surface area contributed by atoms with Crippen LogP contribution in [0.1, 0.15) is 46.9 Å². The van der Waals surface area contributed by atoms with Crippen molar-refractivity contribution in [2.24, 2.45) is 0 Å². The molecule has 1 aliphatic rings. The zero-order chi connectivity index (χ0) is 14.7. The summed E-state index contributed by atoms with van der Waals surface area (Å²) < 4.78 is 0. The van der Waals surface area contributed by atoms with Gasteiger partial charge in [-0.1, -0.05) is 6.08 Å². The maximum atomic E-state index is 12.0. The largest absolute Gasteiger partial charge is 0.396 e. The summed E-state index contributed by atoms with van der Waals surface area (Å²) in [6.07, 6.45) is 5.75. The number of aliphatic hydroxyl groups excluding tert-OH is 1. The number of rotatable bonds is 4. The molecule has 2 heterocycles. The second kappa shape index (κ2) is 6.15. The van der Waals surface area contributed by atoms with E-state index in [9.17, 15) is 10.0 Å². The van der Waals surface area contributed by atoms with Gasteiger partial charge in [0.15, 0.2) is 0 Å². The monoisotopic (exact) mass is 276 g/mol. The lowest BCUT2D eigenvalue weighted by Crippen LogP contribution is -2.36. The Hall–Kier alpha value is -1.72. The van der Waals surface area contributed by atoms with Crippen molar-refractivity contribution < 1.29 is 15.1 Å². The fourth-order valence-corrected chi connectivity index (χ4v) is 2.66. The molecule has 1 amide bonds. The Morgan fingerprint density at radius 2 is 2.30 bits per heavy atom. The van der Waals surface area contributed by atoms with Gasteiger partial charge in [-0.25, -0.2) is 5.06 Å². The molecular weight excluding hydrogens is 256 g/mol. The number of pyridine rings is 1. The lowest BCUT2D eigenvalue weighted by atomic mass is 9.89. The molecule has 5 nitrogen and oxygen atoms in total. The van der Waals surface area contributed by atoms with E-state index in [-0.39, 0.29) is 6.61 Å². The molecule has 0 aromatic carbocycles. The lowest BCUT2D eigenvalue weighted by molar-refractivity contribution is -0.0607. The highest BCUT2D eigenvalue weighted by Gasteiger charge is 2.28. The van der Waals surface area contributed by atoms with E-state index in [1.807, 2.05) is 19.9 Å². The molecular formula is C15H20N2O3. The summed E-state index contributed by atoms with van der Waals surface area (Å²) in [4.78, 5) is 16.1. The van der Waals surface area contributed by atoms with Crippen LogP contribution >= 0.6 is 0 Å². The normalized spacial score (nSPS) is 15.5. The number of hydroxylamine groups is 2. The van der Waals surface area contributed by atoms with Crippen molar-refractivity contribution in [3.63, 3.8) is 0 Å². The van der Waals surface area contributed by atoms with Gasteiger partial charge in [0.1, 0.15) is 5.69 Å². The van der Waals surface area contributed by atoms with Gasteiger partial charge in [-0.05, 0) is 55.4 Å². The molecule has 0 radical (unpaired) electrons. The van der Waals surface area contributed by atoms with Crippen LogP contribution in [0.5, 0.6) is 0 Å². The molecule has 0 unspecified atom stereocenters. The highest BCUT2D eigenvalue weighted by atomic mass is 16.5. The van der Waals surface area contributed by atoms with Crippen LogP contribution in [-0.4, -0.2) is 39.4 Å². The predicted octanol–water partition coefficient (Wildman–Crippen LogP) is 1.95. The molecule has 0 atom stereocenters. The smallest absolute Gasteiger partial charge is 0.296 e. The Balaban J connectivity index is 2.50. The number of fused-ring (bicyclic) bond motifs is 1. The molecule has 2 N–H and O–H groups in total. The summed E-state index contributed by atoms with van der Waals surface area (Å²) in [5, 5.41) is 19.2. The molecule has 1 aromatic rings. The molecule has 1 aromatic heterocycles. The Morgan fingerprint density at radius 1 is 1.55 bits per heavy atom. The standard InChI is InChI=1S/C15H20N2O3/c1-3-11(5-4-8-18)13-10(2)9-16-14-12(13)6-7-17(20)15(14)19/h3,9,18,20H,4-8H2,1-2H3/b11-3-. The molecule has 20 heavy (non-hydrogen) atoms. The first-order valence-electron chi connectivity index (χ1n) is 6.85. The molecule has 0 spiro atoms. The molecule has 0 bridgehead atoms. The third kappa shape index (κ3) is 2.59. The Labute approximate surface area is 118 Å². The van der Waals surface area contributed by atoms with Crippen molar-refractivity contribution in [1.29, 1.82) is 0 Å². The van der Waals surface area contributed by atoms with E-state index in [1.165, 1.54) is 0 Å². The van der Waals surface area contributed by atoms with Gasteiger partial charge in [0, 0.05) is 12.8 Å². The second-order valence-corrected chi connectivity index (χ2v) is 4.96. The minimum Gasteiger partial charge on any atom is -0.396 e.